The lowest BCUT2D eigenvalue weighted by molar-refractivity contribution is 0.0172. The van der Waals surface area contributed by atoms with Crippen molar-refractivity contribution in [1.29, 1.82) is 0 Å². The van der Waals surface area contributed by atoms with Gasteiger partial charge in [-0.25, -0.2) is 4.79 Å². The number of hydrogen-bond donors (Lipinski definition) is 0. The van der Waals surface area contributed by atoms with Gasteiger partial charge in [0.15, 0.2) is 0 Å². The molecule has 1 rings (SSSR count). The molecule has 2 atom stereocenters. The first-order valence-corrected chi connectivity index (χ1v) is 9.03. The van der Waals surface area contributed by atoms with Gasteiger partial charge < -0.3 is 14.4 Å². The molecule has 0 N–H and O–H groups in total. The van der Waals surface area contributed by atoms with Crippen LogP contribution in [0, 0.1) is 11.8 Å². The van der Waals surface area contributed by atoms with E-state index in [1.165, 1.54) is 0 Å². The van der Waals surface area contributed by atoms with E-state index in [2.05, 4.69) is 39.5 Å². The average Bonchev–Trinajstić information content (AvgIpc) is 2.57. The molecular weight excluding hydrogens is 302 g/mol. The van der Waals surface area contributed by atoms with Crippen LogP contribution in [0.5, 0.6) is 5.75 Å². The molecule has 0 aliphatic heterocycles. The molecule has 24 heavy (non-hydrogen) atoms. The highest BCUT2D eigenvalue weighted by Crippen LogP contribution is 2.16. The SMILES string of the molecule is CCN(CC)C[C@H](C)[C@H](C)OC(=O)c1ccc(OCC(C)C)cc1. The Hall–Kier alpha value is -1.55. The molecule has 0 unspecified atom stereocenters. The molecule has 136 valence electrons. The summed E-state index contributed by atoms with van der Waals surface area (Å²) in [5, 5.41) is 0. The molecule has 0 aliphatic rings. The van der Waals surface area contributed by atoms with E-state index in [1.54, 1.807) is 12.1 Å². The fourth-order valence-corrected chi connectivity index (χ4v) is 2.34. The Balaban J connectivity index is 2.54. The summed E-state index contributed by atoms with van der Waals surface area (Å²) in [5.74, 6) is 1.28. The predicted octanol–water partition coefficient (Wildman–Crippen LogP) is 4.24. The standard InChI is InChI=1S/C20H33NO3/c1-7-21(8-2)13-16(5)17(6)24-20(22)18-9-11-19(12-10-18)23-14-15(3)4/h9-12,15-17H,7-8,13-14H2,1-6H3/t16-,17-/m0/s1. The molecule has 0 aliphatic carbocycles. The summed E-state index contributed by atoms with van der Waals surface area (Å²) < 4.78 is 11.3. The summed E-state index contributed by atoms with van der Waals surface area (Å²) in [7, 11) is 0. The number of carbonyl (C=O) groups excluding carboxylic acids is 1. The van der Waals surface area contributed by atoms with E-state index in [1.807, 2.05) is 19.1 Å². The van der Waals surface area contributed by atoms with E-state index >= 15 is 0 Å². The van der Waals surface area contributed by atoms with Crippen molar-refractivity contribution < 1.29 is 14.3 Å². The molecule has 0 saturated carbocycles. The van der Waals surface area contributed by atoms with E-state index in [-0.39, 0.29) is 12.1 Å². The van der Waals surface area contributed by atoms with Crippen molar-refractivity contribution in [2.75, 3.05) is 26.2 Å². The molecule has 0 radical (unpaired) electrons. The van der Waals surface area contributed by atoms with E-state index in [9.17, 15) is 4.79 Å². The Kier molecular flexibility index (Phi) is 8.83. The number of hydrogen-bond acceptors (Lipinski definition) is 4. The zero-order chi connectivity index (χ0) is 18.1. The van der Waals surface area contributed by atoms with Gasteiger partial charge in [0.25, 0.3) is 0 Å². The molecule has 0 aromatic heterocycles. The molecule has 0 amide bonds. The molecule has 4 nitrogen and oxygen atoms in total. The van der Waals surface area contributed by atoms with Crippen LogP contribution in [0.4, 0.5) is 0 Å². The summed E-state index contributed by atoms with van der Waals surface area (Å²) in [5.41, 5.74) is 0.564. The Morgan fingerprint density at radius 1 is 1.04 bits per heavy atom. The van der Waals surface area contributed by atoms with E-state index in [4.69, 9.17) is 9.47 Å². The van der Waals surface area contributed by atoms with Gasteiger partial charge in [-0.15, -0.1) is 0 Å². The van der Waals surface area contributed by atoms with Gasteiger partial charge in [-0.05, 0) is 50.2 Å². The smallest absolute Gasteiger partial charge is 0.338 e. The van der Waals surface area contributed by atoms with Crippen molar-refractivity contribution in [2.24, 2.45) is 11.8 Å². The van der Waals surface area contributed by atoms with Crippen molar-refractivity contribution >= 4 is 5.97 Å². The van der Waals surface area contributed by atoms with Crippen LogP contribution >= 0.6 is 0 Å². The predicted molar refractivity (Wildman–Crippen MR) is 98.6 cm³/mol. The quantitative estimate of drug-likeness (QED) is 0.599. The normalized spacial score (nSPS) is 13.8. The van der Waals surface area contributed by atoms with E-state index in [0.717, 1.165) is 25.4 Å². The summed E-state index contributed by atoms with van der Waals surface area (Å²) in [6, 6.07) is 7.17. The maximum absolute atomic E-state index is 12.3. The molecule has 0 bridgehead atoms. The average molecular weight is 335 g/mol. The van der Waals surface area contributed by atoms with Crippen LogP contribution in [0.1, 0.15) is 51.9 Å². The van der Waals surface area contributed by atoms with Crippen molar-refractivity contribution in [3.8, 4) is 5.75 Å². The van der Waals surface area contributed by atoms with E-state index < -0.39 is 0 Å². The maximum atomic E-state index is 12.3. The van der Waals surface area contributed by atoms with Crippen molar-refractivity contribution in [3.05, 3.63) is 29.8 Å². The first-order chi connectivity index (χ1) is 11.4. The van der Waals surface area contributed by atoms with Gasteiger partial charge in [0.2, 0.25) is 0 Å². The number of ether oxygens (including phenoxy) is 2. The third kappa shape index (κ3) is 6.91. The summed E-state index contributed by atoms with van der Waals surface area (Å²) >= 11 is 0. The van der Waals surface area contributed by atoms with Crippen molar-refractivity contribution in [3.63, 3.8) is 0 Å². The molecule has 0 saturated heterocycles. The molecular formula is C20H33NO3. The number of nitrogens with zero attached hydrogens (tertiary/aromatic N) is 1. The lowest BCUT2D eigenvalue weighted by Gasteiger charge is -2.26. The molecule has 0 spiro atoms. The Labute approximate surface area is 147 Å². The van der Waals surface area contributed by atoms with Crippen LogP contribution in [0.25, 0.3) is 0 Å². The summed E-state index contributed by atoms with van der Waals surface area (Å²) in [6.07, 6.45) is -0.116. The Morgan fingerprint density at radius 3 is 2.12 bits per heavy atom. The van der Waals surface area contributed by atoms with Gasteiger partial charge in [-0.2, -0.15) is 0 Å². The van der Waals surface area contributed by atoms with E-state index in [0.29, 0.717) is 24.0 Å². The minimum atomic E-state index is -0.274. The molecule has 1 aromatic rings. The van der Waals surface area contributed by atoms with Gasteiger partial charge in [-0.3, -0.25) is 0 Å². The first-order valence-electron chi connectivity index (χ1n) is 9.03. The number of benzene rings is 1. The van der Waals surface area contributed by atoms with Gasteiger partial charge in [0.1, 0.15) is 11.9 Å². The highest BCUT2D eigenvalue weighted by atomic mass is 16.5. The van der Waals surface area contributed by atoms with Gasteiger partial charge in [0, 0.05) is 12.5 Å². The second-order valence-electron chi connectivity index (χ2n) is 6.80. The third-order valence-electron chi connectivity index (χ3n) is 4.21. The number of rotatable bonds is 10. The lowest BCUT2D eigenvalue weighted by atomic mass is 10.1. The second-order valence-corrected chi connectivity index (χ2v) is 6.80. The van der Waals surface area contributed by atoms with Crippen molar-refractivity contribution in [1.82, 2.24) is 4.90 Å². The first kappa shape index (κ1) is 20.5. The highest BCUT2D eigenvalue weighted by molar-refractivity contribution is 5.89. The van der Waals surface area contributed by atoms with Crippen LogP contribution < -0.4 is 4.74 Å². The Morgan fingerprint density at radius 2 is 1.62 bits per heavy atom. The van der Waals surface area contributed by atoms with Gasteiger partial charge in [-0.1, -0.05) is 34.6 Å². The second kappa shape index (κ2) is 10.3. The van der Waals surface area contributed by atoms with Gasteiger partial charge >= 0.3 is 5.97 Å². The number of esters is 1. The monoisotopic (exact) mass is 335 g/mol. The number of carbonyl (C=O) groups is 1. The summed E-state index contributed by atoms with van der Waals surface area (Å²) in [6.45, 7) is 16.2. The van der Waals surface area contributed by atoms with Crippen molar-refractivity contribution in [2.45, 2.75) is 47.6 Å². The zero-order valence-corrected chi connectivity index (χ0v) is 16.0. The van der Waals surface area contributed by atoms with Crippen LogP contribution in [-0.2, 0) is 4.74 Å². The third-order valence-corrected chi connectivity index (χ3v) is 4.21. The van der Waals surface area contributed by atoms with Crippen LogP contribution in [0.15, 0.2) is 24.3 Å². The molecule has 1 aromatic carbocycles. The highest BCUT2D eigenvalue weighted by Gasteiger charge is 2.19. The molecule has 0 fully saturated rings. The Bertz CT molecular complexity index is 480. The maximum Gasteiger partial charge on any atom is 0.338 e. The fourth-order valence-electron chi connectivity index (χ4n) is 2.34. The lowest BCUT2D eigenvalue weighted by Crippen LogP contribution is -2.34. The molecule has 4 heteroatoms. The summed E-state index contributed by atoms with van der Waals surface area (Å²) in [4.78, 5) is 14.6. The van der Waals surface area contributed by atoms with Crippen LogP contribution in [-0.4, -0.2) is 43.2 Å². The van der Waals surface area contributed by atoms with Gasteiger partial charge in [0.05, 0.1) is 12.2 Å². The molecule has 0 heterocycles. The fraction of sp³-hybridized carbons (Fsp3) is 0.650. The van der Waals surface area contributed by atoms with Crippen LogP contribution in [0.2, 0.25) is 0 Å². The largest absolute Gasteiger partial charge is 0.493 e. The topological polar surface area (TPSA) is 38.8 Å². The minimum absolute atomic E-state index is 0.116. The minimum Gasteiger partial charge on any atom is -0.493 e. The van der Waals surface area contributed by atoms with Crippen LogP contribution in [0.3, 0.4) is 0 Å². The zero-order valence-electron chi connectivity index (χ0n) is 16.0.